The second kappa shape index (κ2) is 8.70. The predicted molar refractivity (Wildman–Crippen MR) is 131 cm³/mol. The first-order valence-electron chi connectivity index (χ1n) is 12.5. The van der Waals surface area contributed by atoms with Gasteiger partial charge in [-0.1, -0.05) is 61.9 Å². The van der Waals surface area contributed by atoms with Crippen LogP contribution in [0.25, 0.3) is 11.1 Å². The number of ether oxygens (including phenoxy) is 1. The Kier molecular flexibility index (Phi) is 5.82. The van der Waals surface area contributed by atoms with Gasteiger partial charge in [0.15, 0.2) is 0 Å². The van der Waals surface area contributed by atoms with E-state index in [4.69, 9.17) is 4.74 Å². The van der Waals surface area contributed by atoms with Crippen molar-refractivity contribution in [2.75, 3.05) is 13.2 Å². The Balaban J connectivity index is 1.31. The van der Waals surface area contributed by atoms with Crippen LogP contribution < -0.4 is 5.32 Å². The van der Waals surface area contributed by atoms with Crippen molar-refractivity contribution in [1.29, 1.82) is 0 Å². The third-order valence-electron chi connectivity index (χ3n) is 8.05. The zero-order valence-corrected chi connectivity index (χ0v) is 20.3. The standard InChI is InChI=1S/C28H32N2O5/c1-3-14-27(2,24(31)30-15-8-9-18-16-28(18,30)25(32)33)29-26(34)35-17-23-21-12-6-4-10-19(21)20-11-5-7-13-22(20)23/h4-7,10-13,18,23H,3,8-9,14-17H2,1-2H3,(H,29,34)(H,32,33)/t18-,27?,28+/m0/s1. The number of carboxylic acids is 1. The molecule has 0 spiro atoms. The summed E-state index contributed by atoms with van der Waals surface area (Å²) in [7, 11) is 0. The lowest BCUT2D eigenvalue weighted by molar-refractivity contribution is -0.157. The zero-order chi connectivity index (χ0) is 24.8. The molecule has 5 rings (SSSR count). The van der Waals surface area contributed by atoms with Crippen LogP contribution in [-0.4, -0.2) is 52.2 Å². The average Bonchev–Trinajstić information content (AvgIpc) is 3.53. The van der Waals surface area contributed by atoms with E-state index < -0.39 is 23.1 Å². The number of piperidine rings is 1. The van der Waals surface area contributed by atoms with E-state index in [0.29, 0.717) is 25.8 Å². The van der Waals surface area contributed by atoms with Crippen LogP contribution in [0.5, 0.6) is 0 Å². The van der Waals surface area contributed by atoms with Crippen molar-refractivity contribution in [3.63, 3.8) is 0 Å². The summed E-state index contributed by atoms with van der Waals surface area (Å²) in [5, 5.41) is 12.7. The molecule has 35 heavy (non-hydrogen) atoms. The number of carbonyl (C=O) groups excluding carboxylic acids is 2. The largest absolute Gasteiger partial charge is 0.479 e. The molecule has 184 valence electrons. The molecule has 2 aromatic carbocycles. The number of hydrogen-bond donors (Lipinski definition) is 2. The lowest BCUT2D eigenvalue weighted by atomic mass is 9.91. The van der Waals surface area contributed by atoms with Gasteiger partial charge in [-0.15, -0.1) is 0 Å². The van der Waals surface area contributed by atoms with Crippen LogP contribution in [0.3, 0.4) is 0 Å². The van der Waals surface area contributed by atoms with E-state index in [2.05, 4.69) is 29.6 Å². The summed E-state index contributed by atoms with van der Waals surface area (Å²) in [6.45, 7) is 4.17. The van der Waals surface area contributed by atoms with Gasteiger partial charge in [-0.2, -0.15) is 0 Å². The van der Waals surface area contributed by atoms with Gasteiger partial charge in [0.1, 0.15) is 17.7 Å². The van der Waals surface area contributed by atoms with Crippen LogP contribution in [0.2, 0.25) is 0 Å². The molecule has 2 aromatic rings. The molecule has 7 nitrogen and oxygen atoms in total. The van der Waals surface area contributed by atoms with E-state index in [-0.39, 0.29) is 24.3 Å². The molecule has 3 aliphatic rings. The summed E-state index contributed by atoms with van der Waals surface area (Å²) in [4.78, 5) is 40.2. The number of nitrogens with one attached hydrogen (secondary N) is 1. The molecule has 3 atom stereocenters. The van der Waals surface area contributed by atoms with Gasteiger partial charge in [0.2, 0.25) is 5.91 Å². The molecule has 2 amide bonds. The molecule has 0 radical (unpaired) electrons. The van der Waals surface area contributed by atoms with E-state index in [1.54, 1.807) is 6.92 Å². The first-order chi connectivity index (χ1) is 16.8. The zero-order valence-electron chi connectivity index (χ0n) is 20.3. The lowest BCUT2D eigenvalue weighted by Gasteiger charge is -2.40. The second-order valence-corrected chi connectivity index (χ2v) is 10.3. The topological polar surface area (TPSA) is 95.9 Å². The Morgan fingerprint density at radius 1 is 1.11 bits per heavy atom. The van der Waals surface area contributed by atoms with Crippen molar-refractivity contribution in [3.8, 4) is 11.1 Å². The van der Waals surface area contributed by atoms with Crippen LogP contribution in [0, 0.1) is 5.92 Å². The van der Waals surface area contributed by atoms with Gasteiger partial charge in [-0.3, -0.25) is 4.79 Å². The third-order valence-corrected chi connectivity index (χ3v) is 8.05. The van der Waals surface area contributed by atoms with Crippen LogP contribution in [-0.2, 0) is 14.3 Å². The number of likely N-dealkylation sites (tertiary alicyclic amines) is 1. The highest BCUT2D eigenvalue weighted by atomic mass is 16.5. The van der Waals surface area contributed by atoms with Gasteiger partial charge in [0, 0.05) is 12.5 Å². The summed E-state index contributed by atoms with van der Waals surface area (Å²) in [6, 6.07) is 16.2. The number of nitrogens with zero attached hydrogens (tertiary/aromatic N) is 1. The maximum Gasteiger partial charge on any atom is 0.408 e. The number of carboxylic acid groups (broad SMARTS) is 1. The molecule has 2 aliphatic carbocycles. The molecule has 0 aromatic heterocycles. The second-order valence-electron chi connectivity index (χ2n) is 10.3. The molecule has 1 saturated carbocycles. The number of aliphatic carboxylic acids is 1. The van der Waals surface area contributed by atoms with Gasteiger partial charge in [-0.05, 0) is 60.8 Å². The Bertz CT molecular complexity index is 1130. The number of rotatable bonds is 7. The summed E-state index contributed by atoms with van der Waals surface area (Å²) in [6.07, 6.45) is 2.47. The molecule has 1 unspecified atom stereocenters. The normalized spacial score (nSPS) is 23.9. The van der Waals surface area contributed by atoms with E-state index in [1.807, 2.05) is 31.2 Å². The van der Waals surface area contributed by atoms with Gasteiger partial charge >= 0.3 is 12.1 Å². The number of fused-ring (bicyclic) bond motifs is 4. The highest BCUT2D eigenvalue weighted by Crippen LogP contribution is 2.55. The van der Waals surface area contributed by atoms with Crippen LogP contribution in [0.4, 0.5) is 4.79 Å². The molecule has 1 heterocycles. The summed E-state index contributed by atoms with van der Waals surface area (Å²) in [5.41, 5.74) is 2.17. The minimum Gasteiger partial charge on any atom is -0.479 e. The fraction of sp³-hybridized carbons (Fsp3) is 0.464. The number of carbonyl (C=O) groups is 3. The van der Waals surface area contributed by atoms with E-state index in [1.165, 1.54) is 4.90 Å². The Labute approximate surface area is 205 Å². The predicted octanol–water partition coefficient (Wildman–Crippen LogP) is 4.55. The molecule has 0 bridgehead atoms. The van der Waals surface area contributed by atoms with Gasteiger partial charge < -0.3 is 20.1 Å². The van der Waals surface area contributed by atoms with Crippen molar-refractivity contribution in [2.45, 2.75) is 62.9 Å². The smallest absolute Gasteiger partial charge is 0.408 e. The number of amides is 2. The van der Waals surface area contributed by atoms with Crippen molar-refractivity contribution < 1.29 is 24.2 Å². The summed E-state index contributed by atoms with van der Waals surface area (Å²) < 4.78 is 5.69. The average molecular weight is 477 g/mol. The Morgan fingerprint density at radius 2 is 1.74 bits per heavy atom. The third kappa shape index (κ3) is 3.77. The number of hydrogen-bond acceptors (Lipinski definition) is 4. The fourth-order valence-corrected chi connectivity index (χ4v) is 6.22. The Morgan fingerprint density at radius 3 is 2.34 bits per heavy atom. The minimum atomic E-state index is -1.23. The number of alkyl carbamates (subject to hydrolysis) is 1. The van der Waals surface area contributed by atoms with Crippen molar-refractivity contribution in [1.82, 2.24) is 10.2 Å². The highest BCUT2D eigenvalue weighted by Gasteiger charge is 2.67. The fourth-order valence-electron chi connectivity index (χ4n) is 6.22. The molecule has 1 aliphatic heterocycles. The quantitative estimate of drug-likeness (QED) is 0.611. The molecule has 2 fully saturated rings. The monoisotopic (exact) mass is 476 g/mol. The Hall–Kier alpha value is -3.35. The van der Waals surface area contributed by atoms with Crippen molar-refractivity contribution in [3.05, 3.63) is 59.7 Å². The maximum atomic E-state index is 13.7. The molecule has 1 saturated heterocycles. The van der Waals surface area contributed by atoms with E-state index >= 15 is 0 Å². The molecular formula is C28H32N2O5. The van der Waals surface area contributed by atoms with Crippen LogP contribution in [0.1, 0.15) is 63.0 Å². The molecule has 2 N–H and O–H groups in total. The molecule has 7 heteroatoms. The van der Waals surface area contributed by atoms with Crippen molar-refractivity contribution >= 4 is 18.0 Å². The SMILES string of the molecule is CCCC(C)(NC(=O)OCC1c2ccccc2-c2ccccc21)C(=O)N1CCC[C@H]2C[C@]21C(=O)O. The van der Waals surface area contributed by atoms with Gasteiger partial charge in [0.25, 0.3) is 0 Å². The van der Waals surface area contributed by atoms with Gasteiger partial charge in [0.05, 0.1) is 0 Å². The maximum absolute atomic E-state index is 13.7. The highest BCUT2D eigenvalue weighted by molar-refractivity contribution is 5.96. The van der Waals surface area contributed by atoms with Crippen LogP contribution in [0.15, 0.2) is 48.5 Å². The summed E-state index contributed by atoms with van der Waals surface area (Å²) in [5.74, 6) is -1.36. The van der Waals surface area contributed by atoms with E-state index in [0.717, 1.165) is 35.1 Å². The van der Waals surface area contributed by atoms with Crippen LogP contribution >= 0.6 is 0 Å². The first kappa shape index (κ1) is 23.4. The summed E-state index contributed by atoms with van der Waals surface area (Å²) >= 11 is 0. The number of benzene rings is 2. The first-order valence-corrected chi connectivity index (χ1v) is 12.5. The molecular weight excluding hydrogens is 444 g/mol. The van der Waals surface area contributed by atoms with Gasteiger partial charge in [-0.25, -0.2) is 9.59 Å². The minimum absolute atomic E-state index is 0.00182. The van der Waals surface area contributed by atoms with Crippen molar-refractivity contribution in [2.24, 2.45) is 5.92 Å². The van der Waals surface area contributed by atoms with E-state index in [9.17, 15) is 19.5 Å². The lowest BCUT2D eigenvalue weighted by Crippen LogP contribution is -2.63.